The maximum absolute atomic E-state index is 12.9. The molecule has 0 unspecified atom stereocenters. The zero-order valence-corrected chi connectivity index (χ0v) is 14.8. The van der Waals surface area contributed by atoms with E-state index in [1.165, 1.54) is 15.0 Å². The van der Waals surface area contributed by atoms with Gasteiger partial charge in [0.15, 0.2) is 0 Å². The topological polar surface area (TPSA) is 92.3 Å². The minimum Gasteiger partial charge on any atom is -0.352 e. The number of aromatic nitrogens is 3. The molecule has 0 aliphatic rings. The lowest BCUT2D eigenvalue weighted by Crippen LogP contribution is -2.35. The Morgan fingerprint density at radius 1 is 1.36 bits per heavy atom. The molecule has 0 atom stereocenters. The largest absolute Gasteiger partial charge is 0.352 e. The molecular weight excluding hydrogens is 318 g/mol. The van der Waals surface area contributed by atoms with E-state index in [4.69, 9.17) is 5.41 Å². The monoisotopic (exact) mass is 339 g/mol. The summed E-state index contributed by atoms with van der Waals surface area (Å²) in [7, 11) is 1.64. The first-order chi connectivity index (χ1) is 11.8. The van der Waals surface area contributed by atoms with Crippen molar-refractivity contribution in [3.8, 4) is 0 Å². The van der Waals surface area contributed by atoms with Gasteiger partial charge in [-0.05, 0) is 30.5 Å². The molecule has 7 nitrogen and oxygen atoms in total. The Morgan fingerprint density at radius 3 is 2.76 bits per heavy atom. The number of hydrogen-bond donors (Lipinski definition) is 2. The van der Waals surface area contributed by atoms with Gasteiger partial charge in [0.2, 0.25) is 0 Å². The average molecular weight is 339 g/mol. The maximum Gasteiger partial charge on any atom is 0.267 e. The highest BCUT2D eigenvalue weighted by atomic mass is 16.1. The fourth-order valence-corrected chi connectivity index (χ4v) is 2.75. The lowest BCUT2D eigenvalue weighted by Gasteiger charge is -2.12. The molecule has 3 aromatic rings. The summed E-state index contributed by atoms with van der Waals surface area (Å²) >= 11 is 0. The summed E-state index contributed by atoms with van der Waals surface area (Å²) < 4.78 is 2.95. The van der Waals surface area contributed by atoms with Gasteiger partial charge in [-0.25, -0.2) is 4.98 Å². The van der Waals surface area contributed by atoms with Crippen LogP contribution in [0.3, 0.4) is 0 Å². The van der Waals surface area contributed by atoms with E-state index in [1.807, 2.05) is 26.8 Å². The van der Waals surface area contributed by atoms with E-state index in [0.29, 0.717) is 29.1 Å². The van der Waals surface area contributed by atoms with Gasteiger partial charge in [-0.1, -0.05) is 19.9 Å². The summed E-state index contributed by atoms with van der Waals surface area (Å²) in [5.41, 5.74) is 1.75. The minimum atomic E-state index is -0.357. The summed E-state index contributed by atoms with van der Waals surface area (Å²) in [6.45, 7) is 6.37. The molecule has 0 spiro atoms. The fraction of sp³-hybridized carbons (Fsp3) is 0.333. The summed E-state index contributed by atoms with van der Waals surface area (Å²) in [4.78, 5) is 29.8. The number of rotatable bonds is 3. The lowest BCUT2D eigenvalue weighted by molar-refractivity contribution is 0.0946. The van der Waals surface area contributed by atoms with Gasteiger partial charge in [-0.15, -0.1) is 0 Å². The summed E-state index contributed by atoms with van der Waals surface area (Å²) in [5.74, 6) is -0.0588. The van der Waals surface area contributed by atoms with Gasteiger partial charge in [-0.3, -0.25) is 19.4 Å². The molecule has 0 radical (unpaired) electrons. The lowest BCUT2D eigenvalue weighted by atomic mass is 10.1. The molecule has 0 aliphatic heterocycles. The molecule has 0 saturated carbocycles. The Morgan fingerprint density at radius 2 is 2.08 bits per heavy atom. The van der Waals surface area contributed by atoms with Crippen LogP contribution in [0.2, 0.25) is 0 Å². The Bertz CT molecular complexity index is 1110. The molecule has 0 aliphatic carbocycles. The molecule has 1 amide bonds. The SMILES string of the molecule is Cc1cccn2c(=O)c3cc(C(=O)NCC(C)C)c(=N)n(C)c3nc12. The van der Waals surface area contributed by atoms with Crippen molar-refractivity contribution in [2.45, 2.75) is 20.8 Å². The number of carbonyl (C=O) groups is 1. The van der Waals surface area contributed by atoms with E-state index in [-0.39, 0.29) is 22.5 Å². The van der Waals surface area contributed by atoms with Crippen molar-refractivity contribution < 1.29 is 4.79 Å². The second kappa shape index (κ2) is 6.16. The van der Waals surface area contributed by atoms with Crippen LogP contribution in [-0.2, 0) is 7.05 Å². The molecule has 7 heteroatoms. The number of carbonyl (C=O) groups excluding carboxylic acids is 1. The molecule has 0 aromatic carbocycles. The van der Waals surface area contributed by atoms with Crippen LogP contribution >= 0.6 is 0 Å². The van der Waals surface area contributed by atoms with E-state index in [9.17, 15) is 9.59 Å². The predicted octanol–water partition coefficient (Wildman–Crippen LogP) is 1.36. The number of hydrogen-bond acceptors (Lipinski definition) is 4. The van der Waals surface area contributed by atoms with Gasteiger partial charge in [0.25, 0.3) is 11.5 Å². The van der Waals surface area contributed by atoms with E-state index >= 15 is 0 Å². The number of amides is 1. The highest BCUT2D eigenvalue weighted by Crippen LogP contribution is 2.11. The van der Waals surface area contributed by atoms with E-state index < -0.39 is 0 Å². The number of nitrogens with one attached hydrogen (secondary N) is 2. The Hall–Kier alpha value is -2.96. The normalized spacial score (nSPS) is 11.4. The highest BCUT2D eigenvalue weighted by Gasteiger charge is 2.16. The Labute approximate surface area is 144 Å². The Balaban J connectivity index is 2.30. The fourth-order valence-electron chi connectivity index (χ4n) is 2.75. The van der Waals surface area contributed by atoms with Gasteiger partial charge in [0.1, 0.15) is 16.8 Å². The molecule has 0 bridgehead atoms. The third kappa shape index (κ3) is 2.82. The van der Waals surface area contributed by atoms with Gasteiger partial charge in [0.05, 0.1) is 10.9 Å². The van der Waals surface area contributed by atoms with Crippen LogP contribution in [0.4, 0.5) is 0 Å². The first-order valence-electron chi connectivity index (χ1n) is 8.15. The van der Waals surface area contributed by atoms with Crippen molar-refractivity contribution >= 4 is 22.6 Å². The third-order valence-corrected chi connectivity index (χ3v) is 4.18. The van der Waals surface area contributed by atoms with E-state index in [0.717, 1.165) is 5.56 Å². The Kier molecular flexibility index (Phi) is 4.16. The number of fused-ring (bicyclic) bond motifs is 2. The van der Waals surface area contributed by atoms with Crippen LogP contribution in [-0.4, -0.2) is 26.4 Å². The van der Waals surface area contributed by atoms with Crippen molar-refractivity contribution in [1.82, 2.24) is 19.3 Å². The second-order valence-corrected chi connectivity index (χ2v) is 6.61. The van der Waals surface area contributed by atoms with Crippen molar-refractivity contribution in [2.24, 2.45) is 13.0 Å². The molecule has 0 fully saturated rings. The van der Waals surface area contributed by atoms with Crippen molar-refractivity contribution in [3.05, 3.63) is 51.4 Å². The molecule has 130 valence electrons. The minimum absolute atomic E-state index is 0.0265. The quantitative estimate of drug-likeness (QED) is 0.706. The van der Waals surface area contributed by atoms with Crippen molar-refractivity contribution in [2.75, 3.05) is 6.54 Å². The van der Waals surface area contributed by atoms with Crippen LogP contribution in [0.25, 0.3) is 16.7 Å². The number of nitrogens with zero attached hydrogens (tertiary/aromatic N) is 3. The smallest absolute Gasteiger partial charge is 0.267 e. The zero-order valence-electron chi connectivity index (χ0n) is 14.8. The van der Waals surface area contributed by atoms with Gasteiger partial charge >= 0.3 is 0 Å². The molecular formula is C18H21N5O2. The third-order valence-electron chi connectivity index (χ3n) is 4.18. The molecule has 3 aromatic heterocycles. The number of pyridine rings is 2. The molecule has 25 heavy (non-hydrogen) atoms. The molecule has 0 saturated heterocycles. The zero-order chi connectivity index (χ0) is 18.3. The standard InChI is InChI=1S/C18H21N5O2/c1-10(2)9-20-17(24)12-8-13-16(22(4)14(12)19)21-15-11(3)6-5-7-23(15)18(13)25/h5-8,10,19H,9H2,1-4H3,(H,20,24). The highest BCUT2D eigenvalue weighted by molar-refractivity contribution is 5.96. The molecule has 3 rings (SSSR count). The second-order valence-electron chi connectivity index (χ2n) is 6.61. The number of aryl methyl sites for hydroxylation is 2. The van der Waals surface area contributed by atoms with Crippen LogP contribution in [0.5, 0.6) is 0 Å². The van der Waals surface area contributed by atoms with Crippen molar-refractivity contribution in [1.29, 1.82) is 5.41 Å². The first kappa shape index (κ1) is 16.9. The molecule has 2 N–H and O–H groups in total. The van der Waals surface area contributed by atoms with E-state index in [1.54, 1.807) is 19.3 Å². The van der Waals surface area contributed by atoms with Crippen molar-refractivity contribution in [3.63, 3.8) is 0 Å². The van der Waals surface area contributed by atoms with Crippen LogP contribution in [0.15, 0.2) is 29.2 Å². The van der Waals surface area contributed by atoms with Gasteiger partial charge < -0.3 is 9.88 Å². The van der Waals surface area contributed by atoms with E-state index in [2.05, 4.69) is 10.3 Å². The van der Waals surface area contributed by atoms with Gasteiger partial charge in [0, 0.05) is 19.8 Å². The molecule has 3 heterocycles. The maximum atomic E-state index is 12.9. The van der Waals surface area contributed by atoms with Crippen LogP contribution in [0.1, 0.15) is 29.8 Å². The van der Waals surface area contributed by atoms with Gasteiger partial charge in [-0.2, -0.15) is 0 Å². The first-order valence-corrected chi connectivity index (χ1v) is 8.15. The summed E-state index contributed by atoms with van der Waals surface area (Å²) in [5, 5.41) is 11.4. The predicted molar refractivity (Wildman–Crippen MR) is 95.7 cm³/mol. The summed E-state index contributed by atoms with van der Waals surface area (Å²) in [6, 6.07) is 5.13. The summed E-state index contributed by atoms with van der Waals surface area (Å²) in [6.07, 6.45) is 1.66. The van der Waals surface area contributed by atoms with Crippen LogP contribution in [0, 0.1) is 18.3 Å². The average Bonchev–Trinajstić information content (AvgIpc) is 2.57. The van der Waals surface area contributed by atoms with Crippen LogP contribution < -0.4 is 16.4 Å².